The van der Waals surface area contributed by atoms with Gasteiger partial charge in [-0.05, 0) is 76.4 Å². The smallest absolute Gasteiger partial charge is 0.408 e. The minimum atomic E-state index is -1.34. The molecule has 2 aromatic carbocycles. The van der Waals surface area contributed by atoms with Crippen LogP contribution in [0.5, 0.6) is 5.75 Å². The van der Waals surface area contributed by atoms with Crippen LogP contribution in [0.4, 0.5) is 10.5 Å². The van der Waals surface area contributed by atoms with Crippen molar-refractivity contribution in [2.75, 3.05) is 12.4 Å². The third-order valence-corrected chi connectivity index (χ3v) is 5.79. The molecule has 10 nitrogen and oxygen atoms in total. The zero-order chi connectivity index (χ0) is 29.3. The Morgan fingerprint density at radius 3 is 2.03 bits per heavy atom. The number of nitrogens with zero attached hydrogens (tertiary/aromatic N) is 1. The number of hydrogen-bond donors (Lipinski definition) is 3. The summed E-state index contributed by atoms with van der Waals surface area (Å²) in [7, 11) is 1.55. The monoisotopic (exact) mass is 540 g/mol. The summed E-state index contributed by atoms with van der Waals surface area (Å²) in [5, 5.41) is 5.34. The van der Waals surface area contributed by atoms with E-state index in [1.807, 2.05) is 19.1 Å². The molecular weight excluding hydrogens is 500 g/mol. The largest absolute Gasteiger partial charge is 0.497 e. The van der Waals surface area contributed by atoms with Crippen LogP contribution in [0.1, 0.15) is 65.1 Å². The SMILES string of the molecule is CCc1ccc(C(C(=O)Nc2ccc(OC)cc2)N(C(=O)C(CC(N)=O)NC(=O)OC(C)(C)C)C(C)C)cc1. The first-order valence-corrected chi connectivity index (χ1v) is 12.9. The summed E-state index contributed by atoms with van der Waals surface area (Å²) in [4.78, 5) is 53.5. The van der Waals surface area contributed by atoms with Gasteiger partial charge in [-0.2, -0.15) is 0 Å². The van der Waals surface area contributed by atoms with Crippen molar-refractivity contribution in [2.24, 2.45) is 5.73 Å². The predicted molar refractivity (Wildman–Crippen MR) is 149 cm³/mol. The van der Waals surface area contributed by atoms with Crippen LogP contribution in [-0.2, 0) is 25.5 Å². The minimum absolute atomic E-state index is 0.469. The Morgan fingerprint density at radius 1 is 0.974 bits per heavy atom. The van der Waals surface area contributed by atoms with Gasteiger partial charge < -0.3 is 30.7 Å². The Balaban J connectivity index is 2.51. The average Bonchev–Trinajstić information content (AvgIpc) is 2.85. The van der Waals surface area contributed by atoms with Crippen molar-refractivity contribution >= 4 is 29.5 Å². The Hall–Kier alpha value is -4.08. The third-order valence-electron chi connectivity index (χ3n) is 5.79. The van der Waals surface area contributed by atoms with Crippen LogP contribution in [0.2, 0.25) is 0 Å². The number of carbonyl (C=O) groups excluding carboxylic acids is 4. The minimum Gasteiger partial charge on any atom is -0.497 e. The Morgan fingerprint density at radius 2 is 1.56 bits per heavy atom. The van der Waals surface area contributed by atoms with Crippen molar-refractivity contribution in [3.8, 4) is 5.75 Å². The second-order valence-electron chi connectivity index (χ2n) is 10.4. The first-order chi connectivity index (χ1) is 18.2. The van der Waals surface area contributed by atoms with Crippen molar-refractivity contribution in [3.05, 3.63) is 59.7 Å². The van der Waals surface area contributed by atoms with Crippen LogP contribution in [0, 0.1) is 0 Å². The Labute approximate surface area is 230 Å². The molecule has 2 rings (SSSR count). The molecule has 2 aromatic rings. The van der Waals surface area contributed by atoms with Gasteiger partial charge in [-0.25, -0.2) is 4.79 Å². The predicted octanol–water partition coefficient (Wildman–Crippen LogP) is 3.94. The van der Waals surface area contributed by atoms with E-state index in [4.69, 9.17) is 15.2 Å². The maximum absolute atomic E-state index is 14.0. The van der Waals surface area contributed by atoms with E-state index < -0.39 is 54.0 Å². The molecule has 0 saturated heterocycles. The molecule has 0 aliphatic heterocycles. The zero-order valence-corrected chi connectivity index (χ0v) is 23.7. The van der Waals surface area contributed by atoms with Gasteiger partial charge in [0.2, 0.25) is 11.8 Å². The number of alkyl carbamates (subject to hydrolysis) is 1. The van der Waals surface area contributed by atoms with Gasteiger partial charge in [-0.3, -0.25) is 14.4 Å². The van der Waals surface area contributed by atoms with E-state index in [0.717, 1.165) is 12.0 Å². The van der Waals surface area contributed by atoms with Crippen LogP contribution in [-0.4, -0.2) is 53.5 Å². The second kappa shape index (κ2) is 13.6. The molecule has 0 bridgehead atoms. The molecule has 212 valence electrons. The van der Waals surface area contributed by atoms with E-state index in [-0.39, 0.29) is 0 Å². The van der Waals surface area contributed by atoms with Crippen LogP contribution >= 0.6 is 0 Å². The van der Waals surface area contributed by atoms with E-state index in [1.165, 1.54) is 4.90 Å². The first kappa shape index (κ1) is 31.1. The number of rotatable bonds is 11. The lowest BCUT2D eigenvalue weighted by atomic mass is 9.98. The molecule has 0 fully saturated rings. The highest BCUT2D eigenvalue weighted by Gasteiger charge is 2.38. The quantitative estimate of drug-likeness (QED) is 0.394. The number of ether oxygens (including phenoxy) is 2. The fraction of sp³-hybridized carbons (Fsp3) is 0.448. The summed E-state index contributed by atoms with van der Waals surface area (Å²) in [6.07, 6.45) is -0.545. The average molecular weight is 541 g/mol. The number of nitrogens with two attached hydrogens (primary N) is 1. The maximum Gasteiger partial charge on any atom is 0.408 e. The molecular formula is C29H40N4O6. The van der Waals surface area contributed by atoms with E-state index in [2.05, 4.69) is 10.6 Å². The van der Waals surface area contributed by atoms with Crippen molar-refractivity contribution in [1.29, 1.82) is 0 Å². The standard InChI is InChI=1S/C29H40N4O6/c1-8-19-9-11-20(12-10-19)25(26(35)31-21-13-15-22(38-7)16-14-21)33(18(2)3)27(36)23(17-24(30)34)32-28(37)39-29(4,5)6/h9-16,18,23,25H,8,17H2,1-7H3,(H2,30,34)(H,31,35)(H,32,37). The molecule has 0 spiro atoms. The van der Waals surface area contributed by atoms with Crippen LogP contribution < -0.4 is 21.1 Å². The maximum atomic E-state index is 14.0. The van der Waals surface area contributed by atoms with Gasteiger partial charge in [0.1, 0.15) is 23.4 Å². The fourth-order valence-electron chi connectivity index (χ4n) is 3.97. The van der Waals surface area contributed by atoms with Gasteiger partial charge in [-0.1, -0.05) is 31.2 Å². The number of nitrogens with one attached hydrogen (secondary N) is 2. The second-order valence-corrected chi connectivity index (χ2v) is 10.4. The third kappa shape index (κ3) is 9.31. The number of primary amides is 1. The molecule has 2 atom stereocenters. The Bertz CT molecular complexity index is 1140. The van der Waals surface area contributed by atoms with Crippen molar-refractivity contribution in [1.82, 2.24) is 10.2 Å². The highest BCUT2D eigenvalue weighted by atomic mass is 16.6. The molecule has 4 N–H and O–H groups in total. The molecule has 0 heterocycles. The van der Waals surface area contributed by atoms with E-state index in [0.29, 0.717) is 17.0 Å². The van der Waals surface area contributed by atoms with Gasteiger partial charge in [0.15, 0.2) is 0 Å². The normalized spacial score (nSPS) is 12.7. The number of amides is 4. The molecule has 39 heavy (non-hydrogen) atoms. The summed E-state index contributed by atoms with van der Waals surface area (Å²) in [6.45, 7) is 10.6. The number of carbonyl (C=O) groups is 4. The van der Waals surface area contributed by atoms with Gasteiger partial charge in [0.25, 0.3) is 5.91 Å². The van der Waals surface area contributed by atoms with Gasteiger partial charge in [0, 0.05) is 11.7 Å². The Kier molecular flexibility index (Phi) is 10.9. The summed E-state index contributed by atoms with van der Waals surface area (Å²) >= 11 is 0. The lowest BCUT2D eigenvalue weighted by molar-refractivity contribution is -0.143. The molecule has 0 saturated carbocycles. The highest BCUT2D eigenvalue weighted by molar-refractivity contribution is 5.99. The van der Waals surface area contributed by atoms with Gasteiger partial charge >= 0.3 is 6.09 Å². The van der Waals surface area contributed by atoms with Crippen LogP contribution in [0.3, 0.4) is 0 Å². The van der Waals surface area contributed by atoms with Crippen LogP contribution in [0.25, 0.3) is 0 Å². The fourth-order valence-corrected chi connectivity index (χ4v) is 3.97. The molecule has 0 aromatic heterocycles. The number of anilines is 1. The number of methoxy groups -OCH3 is 1. The van der Waals surface area contributed by atoms with E-state index in [9.17, 15) is 19.2 Å². The molecule has 4 amide bonds. The number of aryl methyl sites for hydroxylation is 1. The van der Waals surface area contributed by atoms with Crippen LogP contribution in [0.15, 0.2) is 48.5 Å². The molecule has 0 radical (unpaired) electrons. The zero-order valence-electron chi connectivity index (χ0n) is 23.7. The summed E-state index contributed by atoms with van der Waals surface area (Å²) in [5.41, 5.74) is 6.73. The number of benzene rings is 2. The highest BCUT2D eigenvalue weighted by Crippen LogP contribution is 2.28. The topological polar surface area (TPSA) is 140 Å². The lowest BCUT2D eigenvalue weighted by Crippen LogP contribution is -2.55. The van der Waals surface area contributed by atoms with Gasteiger partial charge in [-0.15, -0.1) is 0 Å². The molecule has 2 unspecified atom stereocenters. The van der Waals surface area contributed by atoms with E-state index >= 15 is 0 Å². The summed E-state index contributed by atoms with van der Waals surface area (Å²) in [5.74, 6) is -1.29. The lowest BCUT2D eigenvalue weighted by Gasteiger charge is -2.37. The van der Waals surface area contributed by atoms with Gasteiger partial charge in [0.05, 0.1) is 13.5 Å². The molecule has 0 aliphatic rings. The molecule has 0 aliphatic carbocycles. The van der Waals surface area contributed by atoms with Crippen molar-refractivity contribution in [3.63, 3.8) is 0 Å². The number of hydrogen-bond acceptors (Lipinski definition) is 6. The van der Waals surface area contributed by atoms with Crippen molar-refractivity contribution < 1.29 is 28.7 Å². The first-order valence-electron chi connectivity index (χ1n) is 12.9. The molecule has 10 heteroatoms. The summed E-state index contributed by atoms with van der Waals surface area (Å²) < 4.78 is 10.5. The van der Waals surface area contributed by atoms with Crippen molar-refractivity contribution in [2.45, 2.75) is 78.1 Å². The van der Waals surface area contributed by atoms with E-state index in [1.54, 1.807) is 78.1 Å². The summed E-state index contributed by atoms with van der Waals surface area (Å²) in [6, 6.07) is 11.3.